The summed E-state index contributed by atoms with van der Waals surface area (Å²) in [5.74, 6) is 0.595. The Hall–Kier alpha value is -2.26. The minimum atomic E-state index is 0.595. The van der Waals surface area contributed by atoms with Crippen molar-refractivity contribution < 1.29 is 0 Å². The van der Waals surface area contributed by atoms with E-state index in [1.165, 1.54) is 0 Å². The predicted octanol–water partition coefficient (Wildman–Crippen LogP) is 3.86. The molecular weight excluding hydrogens is 258 g/mol. The molecule has 0 unspecified atom stereocenters. The van der Waals surface area contributed by atoms with E-state index in [0.717, 1.165) is 16.8 Å². The van der Waals surface area contributed by atoms with Crippen molar-refractivity contribution in [3.8, 4) is 22.6 Å². The fraction of sp³-hybridized carbons (Fsp3) is 0. The molecule has 3 rings (SSSR count). The molecule has 0 spiro atoms. The van der Waals surface area contributed by atoms with E-state index in [9.17, 15) is 0 Å². The highest BCUT2D eigenvalue weighted by molar-refractivity contribution is 6.30. The average molecular weight is 268 g/mol. The number of nitrogens with zero attached hydrogens (tertiary/aromatic N) is 3. The molecular formula is C15H10ClN3. The normalized spacial score (nSPS) is 10.4. The van der Waals surface area contributed by atoms with Crippen molar-refractivity contribution in [3.63, 3.8) is 0 Å². The lowest BCUT2D eigenvalue weighted by Crippen LogP contribution is -1.94. The van der Waals surface area contributed by atoms with Crippen LogP contribution in [-0.4, -0.2) is 15.2 Å². The number of hydrogen-bond donors (Lipinski definition) is 0. The van der Waals surface area contributed by atoms with Crippen molar-refractivity contribution in [2.45, 2.75) is 0 Å². The van der Waals surface area contributed by atoms with Crippen LogP contribution in [0, 0.1) is 0 Å². The first-order valence-corrected chi connectivity index (χ1v) is 6.22. The number of halogens is 1. The summed E-state index contributed by atoms with van der Waals surface area (Å²) >= 11 is 5.87. The highest BCUT2D eigenvalue weighted by Crippen LogP contribution is 2.20. The van der Waals surface area contributed by atoms with Crippen LogP contribution in [0.15, 0.2) is 60.8 Å². The predicted molar refractivity (Wildman–Crippen MR) is 75.7 cm³/mol. The van der Waals surface area contributed by atoms with Crippen molar-refractivity contribution in [2.24, 2.45) is 0 Å². The molecule has 1 heterocycles. The Morgan fingerprint density at radius 1 is 0.789 bits per heavy atom. The molecule has 0 N–H and O–H groups in total. The molecule has 3 nitrogen and oxygen atoms in total. The highest BCUT2D eigenvalue weighted by atomic mass is 35.5. The van der Waals surface area contributed by atoms with Gasteiger partial charge < -0.3 is 0 Å². The van der Waals surface area contributed by atoms with E-state index >= 15 is 0 Å². The zero-order chi connectivity index (χ0) is 13.1. The van der Waals surface area contributed by atoms with Crippen LogP contribution in [-0.2, 0) is 0 Å². The molecule has 0 bridgehead atoms. The van der Waals surface area contributed by atoms with Crippen LogP contribution in [0.3, 0.4) is 0 Å². The standard InChI is InChI=1S/C15H10ClN3/c16-13-8-6-12(7-9-13)15-18-14(10-17-19-15)11-4-2-1-3-5-11/h1-10H. The van der Waals surface area contributed by atoms with Crippen LogP contribution in [0.2, 0.25) is 5.02 Å². The zero-order valence-corrected chi connectivity index (χ0v) is 10.7. The van der Waals surface area contributed by atoms with Gasteiger partial charge in [0.2, 0.25) is 0 Å². The summed E-state index contributed by atoms with van der Waals surface area (Å²) in [5.41, 5.74) is 2.72. The number of aromatic nitrogens is 3. The van der Waals surface area contributed by atoms with Crippen molar-refractivity contribution in [1.29, 1.82) is 0 Å². The first-order valence-electron chi connectivity index (χ1n) is 5.84. The van der Waals surface area contributed by atoms with E-state index in [2.05, 4.69) is 15.2 Å². The Morgan fingerprint density at radius 3 is 2.26 bits per heavy atom. The smallest absolute Gasteiger partial charge is 0.182 e. The number of benzene rings is 2. The summed E-state index contributed by atoms with van der Waals surface area (Å²) < 4.78 is 0. The molecule has 0 amide bonds. The molecule has 0 aliphatic rings. The molecule has 2 aromatic carbocycles. The summed E-state index contributed by atoms with van der Waals surface area (Å²) in [4.78, 5) is 4.53. The van der Waals surface area contributed by atoms with Crippen molar-refractivity contribution in [3.05, 3.63) is 65.8 Å². The molecule has 4 heteroatoms. The molecule has 0 fully saturated rings. The average Bonchev–Trinajstić information content (AvgIpc) is 2.49. The lowest BCUT2D eigenvalue weighted by Gasteiger charge is -2.03. The van der Waals surface area contributed by atoms with Crippen molar-refractivity contribution >= 4 is 11.6 Å². The molecule has 0 saturated carbocycles. The maximum atomic E-state index is 5.87. The molecule has 92 valence electrons. The third-order valence-corrected chi connectivity index (χ3v) is 2.98. The lowest BCUT2D eigenvalue weighted by molar-refractivity contribution is 0.984. The van der Waals surface area contributed by atoms with E-state index in [4.69, 9.17) is 11.6 Å². The van der Waals surface area contributed by atoms with Gasteiger partial charge in [0.25, 0.3) is 0 Å². The van der Waals surface area contributed by atoms with Crippen LogP contribution < -0.4 is 0 Å². The quantitative estimate of drug-likeness (QED) is 0.708. The first kappa shape index (κ1) is 11.8. The molecule has 1 aromatic heterocycles. The topological polar surface area (TPSA) is 38.7 Å². The minimum Gasteiger partial charge on any atom is -0.225 e. The molecule has 0 saturated heterocycles. The van der Waals surface area contributed by atoms with Crippen LogP contribution in [0.25, 0.3) is 22.6 Å². The lowest BCUT2D eigenvalue weighted by atomic mass is 10.1. The second-order valence-electron chi connectivity index (χ2n) is 4.04. The van der Waals surface area contributed by atoms with Crippen molar-refractivity contribution in [1.82, 2.24) is 15.2 Å². The minimum absolute atomic E-state index is 0.595. The third-order valence-electron chi connectivity index (χ3n) is 2.73. The van der Waals surface area contributed by atoms with Gasteiger partial charge >= 0.3 is 0 Å². The SMILES string of the molecule is Clc1ccc(-c2nncc(-c3ccccc3)n2)cc1. The van der Waals surface area contributed by atoms with Gasteiger partial charge in [-0.3, -0.25) is 0 Å². The van der Waals surface area contributed by atoms with Gasteiger partial charge in [0.15, 0.2) is 5.82 Å². The Labute approximate surface area is 115 Å². The van der Waals surface area contributed by atoms with E-state index in [1.54, 1.807) is 6.20 Å². The molecule has 0 aliphatic carbocycles. The van der Waals surface area contributed by atoms with Gasteiger partial charge in [-0.25, -0.2) is 4.98 Å². The van der Waals surface area contributed by atoms with Crippen LogP contribution in [0.5, 0.6) is 0 Å². The van der Waals surface area contributed by atoms with Gasteiger partial charge in [-0.05, 0) is 24.3 Å². The zero-order valence-electron chi connectivity index (χ0n) is 9.99. The Morgan fingerprint density at radius 2 is 1.53 bits per heavy atom. The Kier molecular flexibility index (Phi) is 3.21. The Balaban J connectivity index is 2.03. The van der Waals surface area contributed by atoms with E-state index < -0.39 is 0 Å². The van der Waals surface area contributed by atoms with Gasteiger partial charge in [-0.1, -0.05) is 41.9 Å². The fourth-order valence-corrected chi connectivity index (χ4v) is 1.90. The van der Waals surface area contributed by atoms with Gasteiger partial charge in [0, 0.05) is 16.1 Å². The monoisotopic (exact) mass is 267 g/mol. The van der Waals surface area contributed by atoms with E-state index in [-0.39, 0.29) is 0 Å². The van der Waals surface area contributed by atoms with Crippen molar-refractivity contribution in [2.75, 3.05) is 0 Å². The van der Waals surface area contributed by atoms with Crippen LogP contribution >= 0.6 is 11.6 Å². The van der Waals surface area contributed by atoms with Crippen LogP contribution in [0.1, 0.15) is 0 Å². The fourth-order valence-electron chi connectivity index (χ4n) is 1.77. The number of rotatable bonds is 2. The van der Waals surface area contributed by atoms with Gasteiger partial charge in [0.05, 0.1) is 11.9 Å². The van der Waals surface area contributed by atoms with E-state index in [0.29, 0.717) is 10.8 Å². The third kappa shape index (κ3) is 2.61. The molecule has 19 heavy (non-hydrogen) atoms. The Bertz CT molecular complexity index is 681. The maximum absolute atomic E-state index is 5.87. The maximum Gasteiger partial charge on any atom is 0.182 e. The summed E-state index contributed by atoms with van der Waals surface area (Å²) in [6, 6.07) is 17.3. The summed E-state index contributed by atoms with van der Waals surface area (Å²) in [6.07, 6.45) is 1.66. The highest BCUT2D eigenvalue weighted by Gasteiger charge is 2.05. The summed E-state index contributed by atoms with van der Waals surface area (Å²) in [5, 5.41) is 8.77. The van der Waals surface area contributed by atoms with Gasteiger partial charge in [0.1, 0.15) is 0 Å². The van der Waals surface area contributed by atoms with Gasteiger partial charge in [-0.2, -0.15) is 5.10 Å². The number of hydrogen-bond acceptors (Lipinski definition) is 3. The van der Waals surface area contributed by atoms with Gasteiger partial charge in [-0.15, -0.1) is 5.10 Å². The first-order chi connectivity index (χ1) is 9.33. The second-order valence-corrected chi connectivity index (χ2v) is 4.47. The molecule has 3 aromatic rings. The van der Waals surface area contributed by atoms with Crippen LogP contribution in [0.4, 0.5) is 0 Å². The molecule has 0 radical (unpaired) electrons. The van der Waals surface area contributed by atoms with E-state index in [1.807, 2.05) is 54.6 Å². The molecule has 0 aliphatic heterocycles. The second kappa shape index (κ2) is 5.16. The summed E-state index contributed by atoms with van der Waals surface area (Å²) in [6.45, 7) is 0. The largest absolute Gasteiger partial charge is 0.225 e. The summed E-state index contributed by atoms with van der Waals surface area (Å²) in [7, 11) is 0. The molecule has 0 atom stereocenters.